The Bertz CT molecular complexity index is 1160. The van der Waals surface area contributed by atoms with Crippen molar-refractivity contribution in [2.24, 2.45) is 9.98 Å². The van der Waals surface area contributed by atoms with Crippen LogP contribution in [0.25, 0.3) is 0 Å². The molecule has 1 N–H and O–H groups in total. The van der Waals surface area contributed by atoms with E-state index in [1.165, 1.54) is 17.3 Å². The van der Waals surface area contributed by atoms with Crippen LogP contribution in [-0.4, -0.2) is 27.4 Å². The lowest BCUT2D eigenvalue weighted by Gasteiger charge is -2.13. The SMILES string of the molecule is Cc1cc(C)c(NC(=O)CSC2=Nc3ccccc3N=C(c3ccccn3)C2)c(C)c1. The Hall–Kier alpha value is -3.25. The summed E-state index contributed by atoms with van der Waals surface area (Å²) >= 11 is 1.44. The number of rotatable bonds is 4. The Morgan fingerprint density at radius 2 is 1.65 bits per heavy atom. The number of thioether (sulfide) groups is 1. The second-order valence-electron chi connectivity index (χ2n) is 7.56. The van der Waals surface area contributed by atoms with Gasteiger partial charge in [-0.25, -0.2) is 9.98 Å². The normalized spacial score (nSPS) is 13.0. The molecule has 156 valence electrons. The minimum atomic E-state index is -0.0448. The summed E-state index contributed by atoms with van der Waals surface area (Å²) in [4.78, 5) is 26.8. The van der Waals surface area contributed by atoms with Gasteiger partial charge < -0.3 is 5.32 Å². The molecule has 6 heteroatoms. The molecule has 3 aromatic rings. The molecule has 5 nitrogen and oxygen atoms in total. The van der Waals surface area contributed by atoms with E-state index >= 15 is 0 Å². The maximum atomic E-state index is 12.7. The van der Waals surface area contributed by atoms with Gasteiger partial charge in [0.2, 0.25) is 5.91 Å². The summed E-state index contributed by atoms with van der Waals surface area (Å²) in [5.74, 6) is 0.236. The molecular weight excluding hydrogens is 404 g/mol. The van der Waals surface area contributed by atoms with Crippen molar-refractivity contribution >= 4 is 45.5 Å². The predicted molar refractivity (Wildman–Crippen MR) is 130 cm³/mol. The van der Waals surface area contributed by atoms with E-state index in [4.69, 9.17) is 9.98 Å². The smallest absolute Gasteiger partial charge is 0.234 e. The third kappa shape index (κ3) is 5.09. The number of aliphatic imine (C=N–C) groups is 2. The Morgan fingerprint density at radius 1 is 0.968 bits per heavy atom. The molecule has 0 unspecified atom stereocenters. The minimum absolute atomic E-state index is 0.0448. The molecular formula is C25H24N4OS. The number of nitrogens with zero attached hydrogens (tertiary/aromatic N) is 3. The fourth-order valence-corrected chi connectivity index (χ4v) is 4.39. The van der Waals surface area contributed by atoms with Gasteiger partial charge in [-0.2, -0.15) is 0 Å². The summed E-state index contributed by atoms with van der Waals surface area (Å²) in [6.45, 7) is 6.10. The van der Waals surface area contributed by atoms with Crippen molar-refractivity contribution in [2.75, 3.05) is 11.1 Å². The van der Waals surface area contributed by atoms with Crippen molar-refractivity contribution < 1.29 is 4.79 Å². The molecule has 0 saturated heterocycles. The summed E-state index contributed by atoms with van der Waals surface area (Å²) in [5.41, 5.74) is 7.51. The number of hydrogen-bond donors (Lipinski definition) is 1. The fraction of sp³-hybridized carbons (Fsp3) is 0.200. The zero-order chi connectivity index (χ0) is 21.8. The highest BCUT2D eigenvalue weighted by Gasteiger charge is 2.17. The van der Waals surface area contributed by atoms with Gasteiger partial charge in [-0.1, -0.05) is 35.9 Å². The molecule has 0 fully saturated rings. The summed E-state index contributed by atoms with van der Waals surface area (Å²) in [7, 11) is 0. The van der Waals surface area contributed by atoms with Crippen LogP contribution in [0.5, 0.6) is 0 Å². The molecule has 0 aliphatic carbocycles. The molecule has 2 heterocycles. The number of hydrogen-bond acceptors (Lipinski definition) is 5. The van der Waals surface area contributed by atoms with Crippen LogP contribution in [0, 0.1) is 20.8 Å². The van der Waals surface area contributed by atoms with Crippen molar-refractivity contribution in [3.05, 3.63) is 83.2 Å². The van der Waals surface area contributed by atoms with Gasteiger partial charge in [0, 0.05) is 18.3 Å². The van der Waals surface area contributed by atoms with Crippen molar-refractivity contribution in [1.29, 1.82) is 0 Å². The van der Waals surface area contributed by atoms with E-state index in [2.05, 4.69) is 29.4 Å². The number of benzene rings is 2. The van der Waals surface area contributed by atoms with Crippen LogP contribution >= 0.6 is 11.8 Å². The van der Waals surface area contributed by atoms with Gasteiger partial charge in [0.25, 0.3) is 0 Å². The largest absolute Gasteiger partial charge is 0.325 e. The average molecular weight is 429 g/mol. The minimum Gasteiger partial charge on any atom is -0.325 e. The molecule has 31 heavy (non-hydrogen) atoms. The monoisotopic (exact) mass is 428 g/mol. The third-order valence-corrected chi connectivity index (χ3v) is 5.95. The topological polar surface area (TPSA) is 66.7 Å². The van der Waals surface area contributed by atoms with Gasteiger partial charge >= 0.3 is 0 Å². The highest BCUT2D eigenvalue weighted by molar-refractivity contribution is 8.14. The lowest BCUT2D eigenvalue weighted by atomic mass is 10.1. The van der Waals surface area contributed by atoms with E-state index in [1.807, 2.05) is 56.3 Å². The molecule has 2 aromatic carbocycles. The number of aromatic nitrogens is 1. The summed E-state index contributed by atoms with van der Waals surface area (Å²) in [6.07, 6.45) is 2.30. The predicted octanol–water partition coefficient (Wildman–Crippen LogP) is 5.93. The van der Waals surface area contributed by atoms with Crippen molar-refractivity contribution in [3.8, 4) is 0 Å². The van der Waals surface area contributed by atoms with Crippen LogP contribution < -0.4 is 5.32 Å². The van der Waals surface area contributed by atoms with E-state index in [0.717, 1.165) is 44.6 Å². The molecule has 1 amide bonds. The van der Waals surface area contributed by atoms with E-state index in [1.54, 1.807) is 6.20 Å². The number of anilines is 1. The van der Waals surface area contributed by atoms with Gasteiger partial charge in [0.05, 0.1) is 33.6 Å². The maximum Gasteiger partial charge on any atom is 0.234 e. The Balaban J connectivity index is 1.52. The third-order valence-electron chi connectivity index (χ3n) is 4.97. The molecule has 1 aliphatic rings. The lowest BCUT2D eigenvalue weighted by Crippen LogP contribution is -2.17. The van der Waals surface area contributed by atoms with Crippen LogP contribution in [0.4, 0.5) is 17.1 Å². The second kappa shape index (κ2) is 9.27. The maximum absolute atomic E-state index is 12.7. The summed E-state index contributed by atoms with van der Waals surface area (Å²) in [5, 5.41) is 3.91. The van der Waals surface area contributed by atoms with Gasteiger partial charge in [0.1, 0.15) is 0 Å². The summed E-state index contributed by atoms with van der Waals surface area (Å²) in [6, 6.07) is 17.7. The van der Waals surface area contributed by atoms with Crippen molar-refractivity contribution in [1.82, 2.24) is 4.98 Å². The van der Waals surface area contributed by atoms with Gasteiger partial charge in [0.15, 0.2) is 0 Å². The van der Waals surface area contributed by atoms with E-state index in [-0.39, 0.29) is 11.7 Å². The Labute approximate surface area is 186 Å². The van der Waals surface area contributed by atoms with Gasteiger partial charge in [-0.15, -0.1) is 11.8 Å². The number of para-hydroxylation sites is 2. The quantitative estimate of drug-likeness (QED) is 0.560. The standard InChI is InChI=1S/C25H24N4OS/c1-16-12-17(2)25(18(3)13-16)29-23(30)15-31-24-14-22(19-8-6-7-11-26-19)27-20-9-4-5-10-21(20)28-24/h4-13H,14-15H2,1-3H3,(H,29,30). The molecule has 1 aliphatic heterocycles. The fourth-order valence-electron chi connectivity index (χ4n) is 3.62. The first kappa shape index (κ1) is 21.0. The average Bonchev–Trinajstić information content (AvgIpc) is 2.95. The van der Waals surface area contributed by atoms with Crippen LogP contribution in [0.3, 0.4) is 0 Å². The van der Waals surface area contributed by atoms with Gasteiger partial charge in [-0.3, -0.25) is 9.78 Å². The van der Waals surface area contributed by atoms with Crippen LogP contribution in [0.2, 0.25) is 0 Å². The number of carbonyl (C=O) groups is 1. The van der Waals surface area contributed by atoms with Crippen LogP contribution in [-0.2, 0) is 4.79 Å². The Kier molecular flexibility index (Phi) is 6.28. The number of nitrogens with one attached hydrogen (secondary N) is 1. The molecule has 0 atom stereocenters. The molecule has 1 aromatic heterocycles. The van der Waals surface area contributed by atoms with Crippen molar-refractivity contribution in [2.45, 2.75) is 27.2 Å². The first-order valence-corrected chi connectivity index (χ1v) is 11.1. The van der Waals surface area contributed by atoms with Gasteiger partial charge in [-0.05, 0) is 56.2 Å². The number of carbonyl (C=O) groups excluding carboxylic acids is 1. The molecule has 0 bridgehead atoms. The van der Waals surface area contributed by atoms with E-state index < -0.39 is 0 Å². The lowest BCUT2D eigenvalue weighted by molar-refractivity contribution is -0.113. The summed E-state index contributed by atoms with van der Waals surface area (Å²) < 4.78 is 0. The highest BCUT2D eigenvalue weighted by atomic mass is 32.2. The van der Waals surface area contributed by atoms with Crippen LogP contribution in [0.1, 0.15) is 28.8 Å². The second-order valence-corrected chi connectivity index (χ2v) is 8.60. The molecule has 0 saturated carbocycles. The first-order chi connectivity index (χ1) is 15.0. The van der Waals surface area contributed by atoms with Crippen molar-refractivity contribution in [3.63, 3.8) is 0 Å². The molecule has 0 radical (unpaired) electrons. The van der Waals surface area contributed by atoms with E-state index in [0.29, 0.717) is 6.42 Å². The Morgan fingerprint density at radius 3 is 2.32 bits per heavy atom. The zero-order valence-electron chi connectivity index (χ0n) is 17.8. The number of fused-ring (bicyclic) bond motifs is 1. The number of aryl methyl sites for hydroxylation is 3. The van der Waals surface area contributed by atoms with E-state index in [9.17, 15) is 4.79 Å². The number of amides is 1. The van der Waals surface area contributed by atoms with Crippen LogP contribution in [0.15, 0.2) is 70.8 Å². The zero-order valence-corrected chi connectivity index (χ0v) is 18.7. The highest BCUT2D eigenvalue weighted by Crippen LogP contribution is 2.33. The molecule has 4 rings (SSSR count). The molecule has 0 spiro atoms. The first-order valence-electron chi connectivity index (χ1n) is 10.2. The number of pyridine rings is 1.